The second-order valence-corrected chi connectivity index (χ2v) is 27.8. The average molecular weight is 1250 g/mol. The van der Waals surface area contributed by atoms with E-state index in [1.54, 1.807) is 24.3 Å². The molecule has 0 unspecified atom stereocenters. The van der Waals surface area contributed by atoms with Crippen molar-refractivity contribution in [1.82, 2.24) is 29.9 Å². The van der Waals surface area contributed by atoms with Gasteiger partial charge in [0.25, 0.3) is 20.2 Å². The summed E-state index contributed by atoms with van der Waals surface area (Å²) in [5, 5.41) is 27.1. The zero-order valence-electron chi connectivity index (χ0n) is 52.4. The van der Waals surface area contributed by atoms with Crippen LogP contribution in [0.5, 0.6) is 11.5 Å². The van der Waals surface area contributed by atoms with E-state index in [1.165, 1.54) is 36.4 Å². The van der Waals surface area contributed by atoms with E-state index in [9.17, 15) is 36.2 Å². The van der Waals surface area contributed by atoms with E-state index >= 15 is 0 Å². The van der Waals surface area contributed by atoms with Gasteiger partial charge in [0, 0.05) is 13.1 Å². The van der Waals surface area contributed by atoms with Crippen LogP contribution in [0.15, 0.2) is 161 Å². The van der Waals surface area contributed by atoms with E-state index < -0.39 is 30.0 Å². The Bertz CT molecular complexity index is 4200. The fourth-order valence-electron chi connectivity index (χ4n) is 9.34. The Morgan fingerprint density at radius 3 is 0.943 bits per heavy atom. The number of para-hydroxylation sites is 2. The Morgan fingerprint density at radius 2 is 0.670 bits per heavy atom. The van der Waals surface area contributed by atoms with Crippen molar-refractivity contribution in [1.29, 1.82) is 0 Å². The zero-order valence-corrected chi connectivity index (χ0v) is 58.0. The monoisotopic (exact) mass is 1250 g/mol. The first-order chi connectivity index (χ1) is 40.2. The Kier molecular flexibility index (Phi) is 22.7. The molecule has 0 aliphatic heterocycles. The molecule has 88 heavy (non-hydrogen) atoms. The molecule has 0 saturated carbocycles. The molecule has 2 aromatic heterocycles. The molecular formula is C64H74N12Na2O8S2. The van der Waals surface area contributed by atoms with Crippen LogP contribution in [0.3, 0.4) is 0 Å². The van der Waals surface area contributed by atoms with E-state index in [-0.39, 0.29) is 148 Å². The molecule has 8 rings (SSSR count). The summed E-state index contributed by atoms with van der Waals surface area (Å²) in [7, 11) is -9.86. The first-order valence-corrected chi connectivity index (χ1v) is 30.8. The number of benzene rings is 6. The summed E-state index contributed by atoms with van der Waals surface area (Å²) in [5.41, 5.74) is 5.86. The number of hydrogen-bond acceptors (Lipinski definition) is 12. The van der Waals surface area contributed by atoms with Crippen LogP contribution < -0.4 is 103 Å². The number of rotatable bonds is 14. The standard InChI is InChI=1S/C64H76N12O8S2.2Na/c1-61(2,3)47-33-39(34-48(53(47)77)62(4,5)6)29-31-65-55-71-57(67-43-19-15-13-16-20-43)75-59(73-55)69-45-27-25-41(51(37-45)85(79,80)81)23-24-42-26-28-46(38-52(42)86(82,83)84)70-60-74-56(72-58(76-60)68-44-21-17-14-18-22-44)66-32-30-40-35-49(63(7,8)9)54(78)50(36-40)64(10,11)12;;/h13-28,33-38,77-78H,29-32H2,1-12H3,(H,79,80,81)(H,82,83,84)(H3,65,67,69,71,73,75)(H3,66,68,70,72,74,76);;/q;2*+1/p-2/b24-23+;;. The van der Waals surface area contributed by atoms with Crippen LogP contribution in [0, 0.1) is 0 Å². The van der Waals surface area contributed by atoms with Gasteiger partial charge in [-0.15, -0.1) is 11.5 Å². The molecular weight excluding hydrogens is 1170 g/mol. The SMILES string of the molecule is CC(C)(C)c1cc(CCN=c2[nH]c(=Nc3ccccc3)[nH]c(=Nc3ccc(/C=C/c4ccc(N=c5[nH]c(=NCCc6cc(C(C)(C)C)c([O-])c(C(C)(C)C)c6)[nH]c(=Nc6ccccc6)[nH]5)cc4S(=O)(=O)O)c(S(=O)(=O)O)c3)[nH]2)cc(C(C)(C)C)c1[O-].[Na+].[Na+]. The molecule has 0 bridgehead atoms. The van der Waals surface area contributed by atoms with Crippen molar-refractivity contribution in [3.63, 3.8) is 0 Å². The molecule has 20 nitrogen and oxygen atoms in total. The van der Waals surface area contributed by atoms with Crippen molar-refractivity contribution in [2.45, 2.75) is 127 Å². The molecule has 24 heteroatoms. The number of aromatic amines is 6. The number of nitrogens with one attached hydrogen (secondary N) is 6. The maximum Gasteiger partial charge on any atom is 1.00 e. The molecule has 2 heterocycles. The summed E-state index contributed by atoms with van der Waals surface area (Å²) >= 11 is 0. The molecule has 0 aliphatic carbocycles. The Morgan fingerprint density at radius 1 is 0.398 bits per heavy atom. The van der Waals surface area contributed by atoms with Gasteiger partial charge in [-0.05, 0) is 128 Å². The van der Waals surface area contributed by atoms with Gasteiger partial charge in [0.2, 0.25) is 33.7 Å². The van der Waals surface area contributed by atoms with Gasteiger partial charge >= 0.3 is 59.1 Å². The van der Waals surface area contributed by atoms with E-state index in [2.05, 4.69) is 49.9 Å². The number of aromatic nitrogens is 6. The fourth-order valence-corrected chi connectivity index (χ4v) is 10.7. The summed E-state index contributed by atoms with van der Waals surface area (Å²) in [5.74, 6) is 0.0709. The predicted molar refractivity (Wildman–Crippen MR) is 329 cm³/mol. The van der Waals surface area contributed by atoms with Crippen molar-refractivity contribution in [3.8, 4) is 11.5 Å². The van der Waals surface area contributed by atoms with Gasteiger partial charge in [-0.2, -0.15) is 16.8 Å². The van der Waals surface area contributed by atoms with Gasteiger partial charge in [-0.3, -0.25) is 49.0 Å². The first-order valence-electron chi connectivity index (χ1n) is 27.9. The molecule has 452 valence electrons. The predicted octanol–water partition coefficient (Wildman–Crippen LogP) is 2.88. The van der Waals surface area contributed by atoms with Crippen LogP contribution in [0.1, 0.15) is 128 Å². The smallest absolute Gasteiger partial charge is 0.872 e. The van der Waals surface area contributed by atoms with E-state index in [1.807, 2.05) is 144 Å². The Hall–Kier alpha value is -6.70. The quantitative estimate of drug-likeness (QED) is 0.0454. The van der Waals surface area contributed by atoms with Crippen LogP contribution in [-0.2, 0) is 54.7 Å². The molecule has 0 saturated heterocycles. The van der Waals surface area contributed by atoms with Crippen molar-refractivity contribution in [2.24, 2.45) is 30.0 Å². The van der Waals surface area contributed by atoms with Crippen LogP contribution >= 0.6 is 0 Å². The third kappa shape index (κ3) is 18.9. The molecule has 0 radical (unpaired) electrons. The minimum Gasteiger partial charge on any atom is -0.872 e. The minimum absolute atomic E-state index is 0. The van der Waals surface area contributed by atoms with E-state index in [4.69, 9.17) is 9.98 Å². The molecule has 0 amide bonds. The maximum atomic E-state index is 13.6. The summed E-state index contributed by atoms with van der Waals surface area (Å²) < 4.78 is 73.3. The third-order valence-corrected chi connectivity index (χ3v) is 15.6. The number of nitrogens with zero attached hydrogens (tertiary/aromatic N) is 6. The summed E-state index contributed by atoms with van der Waals surface area (Å²) in [6.45, 7) is 24.8. The van der Waals surface area contributed by atoms with E-state index in [0.29, 0.717) is 37.3 Å². The van der Waals surface area contributed by atoms with Gasteiger partial charge in [0.05, 0.1) is 22.7 Å². The fraction of sp³-hybridized carbons (Fsp3) is 0.312. The zero-order chi connectivity index (χ0) is 62.6. The Balaban J connectivity index is 0.00000618. The van der Waals surface area contributed by atoms with Crippen LogP contribution in [0.25, 0.3) is 12.2 Å². The molecule has 0 spiro atoms. The van der Waals surface area contributed by atoms with Crippen LogP contribution in [-0.4, -0.2) is 68.9 Å². The molecule has 8 N–H and O–H groups in total. The average Bonchev–Trinajstić information content (AvgIpc) is 2.01. The van der Waals surface area contributed by atoms with Gasteiger partial charge in [-0.25, -0.2) is 20.0 Å². The Labute approximate surface area is 557 Å². The van der Waals surface area contributed by atoms with Crippen LogP contribution in [0.2, 0.25) is 0 Å². The van der Waals surface area contributed by atoms with Crippen molar-refractivity contribution >= 4 is 55.1 Å². The molecule has 8 aromatic rings. The summed E-state index contributed by atoms with van der Waals surface area (Å²) in [6, 6.07) is 34.1. The summed E-state index contributed by atoms with van der Waals surface area (Å²) in [6.07, 6.45) is 3.55. The molecule has 0 aliphatic rings. The van der Waals surface area contributed by atoms with Gasteiger partial charge < -0.3 is 10.2 Å². The van der Waals surface area contributed by atoms with Gasteiger partial charge in [0.1, 0.15) is 9.79 Å². The maximum absolute atomic E-state index is 13.6. The van der Waals surface area contributed by atoms with Crippen molar-refractivity contribution in [2.75, 3.05) is 13.1 Å². The van der Waals surface area contributed by atoms with Crippen molar-refractivity contribution in [3.05, 3.63) is 200 Å². The minimum atomic E-state index is -4.93. The second kappa shape index (κ2) is 28.4. The number of H-pyrrole nitrogens is 6. The normalized spacial score (nSPS) is 14.0. The topological polar surface area (TPSA) is 324 Å². The first kappa shape index (κ1) is 70.4. The second-order valence-electron chi connectivity index (χ2n) is 25.0. The molecule has 6 aromatic carbocycles. The molecule has 0 atom stereocenters. The van der Waals surface area contributed by atoms with Crippen molar-refractivity contribution < 1.29 is 95.3 Å². The third-order valence-electron chi connectivity index (χ3n) is 13.8. The number of hydrogen-bond donors (Lipinski definition) is 8. The molecule has 0 fully saturated rings. The van der Waals surface area contributed by atoms with Gasteiger partial charge in [0.15, 0.2) is 0 Å². The van der Waals surface area contributed by atoms with Crippen LogP contribution in [0.4, 0.5) is 22.7 Å². The van der Waals surface area contributed by atoms with E-state index in [0.717, 1.165) is 45.5 Å². The summed E-state index contributed by atoms with van der Waals surface area (Å²) in [4.78, 5) is 45.7. The van der Waals surface area contributed by atoms with Gasteiger partial charge in [-0.1, -0.05) is 168 Å². The largest absolute Gasteiger partial charge is 1.00 e.